The second kappa shape index (κ2) is 9.82. The molecular formula is C11H27N3O2S. The normalized spacial score (nSPS) is 12.2. The average Bonchev–Trinajstić information content (AvgIpc) is 2.30. The first-order valence-electron chi connectivity index (χ1n) is 6.40. The van der Waals surface area contributed by atoms with Gasteiger partial charge in [-0.2, -0.15) is 0 Å². The summed E-state index contributed by atoms with van der Waals surface area (Å²) in [5.41, 5.74) is 0. The van der Waals surface area contributed by atoms with Crippen molar-refractivity contribution in [3.05, 3.63) is 0 Å². The Bertz CT molecular complexity index is 264. The van der Waals surface area contributed by atoms with Crippen molar-refractivity contribution in [1.29, 1.82) is 0 Å². The zero-order valence-corrected chi connectivity index (χ0v) is 12.1. The van der Waals surface area contributed by atoms with E-state index in [2.05, 4.69) is 28.8 Å². The van der Waals surface area contributed by atoms with Crippen molar-refractivity contribution in [3.8, 4) is 0 Å². The summed E-state index contributed by atoms with van der Waals surface area (Å²) in [6, 6.07) is 0. The summed E-state index contributed by atoms with van der Waals surface area (Å²) < 4.78 is 25.8. The van der Waals surface area contributed by atoms with Gasteiger partial charge in [0, 0.05) is 13.1 Å². The second-order valence-electron chi connectivity index (χ2n) is 4.05. The number of likely N-dealkylation sites (N-methyl/N-ethyl adjacent to an activating group) is 1. The Morgan fingerprint density at radius 3 is 2.24 bits per heavy atom. The van der Waals surface area contributed by atoms with Crippen LogP contribution in [-0.4, -0.2) is 58.8 Å². The van der Waals surface area contributed by atoms with E-state index in [4.69, 9.17) is 0 Å². The van der Waals surface area contributed by atoms with Crippen LogP contribution in [-0.2, 0) is 10.0 Å². The van der Waals surface area contributed by atoms with Crippen LogP contribution in [0.2, 0.25) is 0 Å². The fourth-order valence-electron chi connectivity index (χ4n) is 1.57. The van der Waals surface area contributed by atoms with E-state index in [0.717, 1.165) is 32.6 Å². The van der Waals surface area contributed by atoms with Crippen molar-refractivity contribution in [2.45, 2.75) is 26.7 Å². The van der Waals surface area contributed by atoms with Gasteiger partial charge in [-0.1, -0.05) is 13.8 Å². The van der Waals surface area contributed by atoms with Gasteiger partial charge in [-0.3, -0.25) is 0 Å². The molecule has 0 aromatic heterocycles. The Morgan fingerprint density at radius 1 is 1.06 bits per heavy atom. The first kappa shape index (κ1) is 16.8. The minimum Gasteiger partial charge on any atom is -0.320 e. The number of hydrogen-bond acceptors (Lipinski definition) is 4. The lowest BCUT2D eigenvalue weighted by Crippen LogP contribution is -2.35. The Hall–Kier alpha value is -0.170. The van der Waals surface area contributed by atoms with Gasteiger partial charge in [0.1, 0.15) is 0 Å². The molecule has 5 nitrogen and oxygen atoms in total. The van der Waals surface area contributed by atoms with Gasteiger partial charge < -0.3 is 10.2 Å². The zero-order chi connectivity index (χ0) is 13.1. The number of nitrogens with one attached hydrogen (secondary N) is 2. The number of nitrogens with zero attached hydrogens (tertiary/aromatic N) is 1. The van der Waals surface area contributed by atoms with E-state index in [1.807, 2.05) is 7.05 Å². The Morgan fingerprint density at radius 2 is 1.71 bits per heavy atom. The molecule has 0 atom stereocenters. The molecule has 0 aliphatic heterocycles. The second-order valence-corrected chi connectivity index (χ2v) is 5.98. The lowest BCUT2D eigenvalue weighted by Gasteiger charge is -2.17. The third kappa shape index (κ3) is 9.52. The van der Waals surface area contributed by atoms with E-state index in [1.165, 1.54) is 0 Å². The number of rotatable bonds is 11. The molecule has 0 amide bonds. The van der Waals surface area contributed by atoms with Crippen molar-refractivity contribution in [1.82, 2.24) is 14.9 Å². The molecule has 0 aliphatic rings. The number of unbranched alkanes of at least 4 members (excludes halogenated alkanes) is 1. The molecule has 0 heterocycles. The summed E-state index contributed by atoms with van der Waals surface area (Å²) in [7, 11) is -1.21. The summed E-state index contributed by atoms with van der Waals surface area (Å²) in [5.74, 6) is 0.229. The molecule has 2 N–H and O–H groups in total. The average molecular weight is 265 g/mol. The van der Waals surface area contributed by atoms with Crippen LogP contribution in [0.5, 0.6) is 0 Å². The molecular weight excluding hydrogens is 238 g/mol. The molecule has 0 aromatic carbocycles. The third-order valence-corrected chi connectivity index (χ3v) is 4.20. The molecule has 6 heteroatoms. The lowest BCUT2D eigenvalue weighted by atomic mass is 10.3. The smallest absolute Gasteiger partial charge is 0.211 e. The monoisotopic (exact) mass is 265 g/mol. The predicted octanol–water partition coefficient (Wildman–Crippen LogP) is 0.247. The first-order valence-corrected chi connectivity index (χ1v) is 8.05. The van der Waals surface area contributed by atoms with Crippen LogP contribution >= 0.6 is 0 Å². The molecule has 0 fully saturated rings. The molecule has 104 valence electrons. The zero-order valence-electron chi connectivity index (χ0n) is 11.3. The highest BCUT2D eigenvalue weighted by Gasteiger charge is 2.09. The van der Waals surface area contributed by atoms with Crippen molar-refractivity contribution in [3.63, 3.8) is 0 Å². The van der Waals surface area contributed by atoms with Crippen LogP contribution in [0.3, 0.4) is 0 Å². The lowest BCUT2D eigenvalue weighted by molar-refractivity contribution is 0.309. The number of hydrogen-bond donors (Lipinski definition) is 2. The van der Waals surface area contributed by atoms with Crippen molar-refractivity contribution < 1.29 is 8.42 Å². The molecule has 0 rings (SSSR count). The summed E-state index contributed by atoms with van der Waals surface area (Å²) in [6.45, 7) is 8.24. The quantitative estimate of drug-likeness (QED) is 0.526. The number of sulfonamides is 1. The Labute approximate surface area is 106 Å². The topological polar surface area (TPSA) is 61.4 Å². The molecule has 0 radical (unpaired) electrons. The summed E-state index contributed by atoms with van der Waals surface area (Å²) >= 11 is 0. The third-order valence-electron chi connectivity index (χ3n) is 2.73. The standard InChI is InChI=1S/C11H27N3O2S/c1-4-14(5-2)10-9-13-17(15,16)11-7-6-8-12-3/h12-13H,4-11H2,1-3H3. The van der Waals surface area contributed by atoms with Crippen LogP contribution in [0.15, 0.2) is 0 Å². The van der Waals surface area contributed by atoms with E-state index >= 15 is 0 Å². The fourth-order valence-corrected chi connectivity index (χ4v) is 2.70. The van der Waals surface area contributed by atoms with Crippen LogP contribution in [0.25, 0.3) is 0 Å². The van der Waals surface area contributed by atoms with Gasteiger partial charge >= 0.3 is 0 Å². The molecule has 0 unspecified atom stereocenters. The molecule has 0 saturated heterocycles. The minimum atomic E-state index is -3.08. The van der Waals surface area contributed by atoms with Gasteiger partial charge in [0.15, 0.2) is 0 Å². The highest BCUT2D eigenvalue weighted by Crippen LogP contribution is 1.94. The highest BCUT2D eigenvalue weighted by molar-refractivity contribution is 7.89. The Kier molecular flexibility index (Phi) is 9.72. The summed E-state index contributed by atoms with van der Waals surface area (Å²) in [6.07, 6.45) is 1.61. The summed E-state index contributed by atoms with van der Waals surface area (Å²) in [4.78, 5) is 2.20. The van der Waals surface area contributed by atoms with E-state index in [1.54, 1.807) is 0 Å². The van der Waals surface area contributed by atoms with Gasteiger partial charge in [-0.15, -0.1) is 0 Å². The van der Waals surface area contributed by atoms with E-state index in [-0.39, 0.29) is 5.75 Å². The maximum Gasteiger partial charge on any atom is 0.211 e. The van der Waals surface area contributed by atoms with Gasteiger partial charge in [-0.25, -0.2) is 13.1 Å². The maximum absolute atomic E-state index is 11.6. The maximum atomic E-state index is 11.6. The van der Waals surface area contributed by atoms with Crippen molar-refractivity contribution >= 4 is 10.0 Å². The first-order chi connectivity index (χ1) is 8.05. The molecule has 0 aromatic rings. The van der Waals surface area contributed by atoms with Gasteiger partial charge in [-0.05, 0) is 39.5 Å². The summed E-state index contributed by atoms with van der Waals surface area (Å²) in [5, 5.41) is 3.01. The van der Waals surface area contributed by atoms with E-state index in [0.29, 0.717) is 13.0 Å². The van der Waals surface area contributed by atoms with Crippen LogP contribution in [0, 0.1) is 0 Å². The van der Waals surface area contributed by atoms with E-state index < -0.39 is 10.0 Å². The fraction of sp³-hybridized carbons (Fsp3) is 1.00. The van der Waals surface area contributed by atoms with Crippen LogP contribution < -0.4 is 10.0 Å². The molecule has 0 bridgehead atoms. The molecule has 17 heavy (non-hydrogen) atoms. The molecule has 0 spiro atoms. The molecule has 0 aliphatic carbocycles. The van der Waals surface area contributed by atoms with Gasteiger partial charge in [0.25, 0.3) is 0 Å². The molecule has 0 saturated carbocycles. The largest absolute Gasteiger partial charge is 0.320 e. The highest BCUT2D eigenvalue weighted by atomic mass is 32.2. The van der Waals surface area contributed by atoms with Crippen LogP contribution in [0.1, 0.15) is 26.7 Å². The predicted molar refractivity (Wildman–Crippen MR) is 72.7 cm³/mol. The Balaban J connectivity index is 3.70. The van der Waals surface area contributed by atoms with Gasteiger partial charge in [0.05, 0.1) is 5.75 Å². The van der Waals surface area contributed by atoms with Crippen molar-refractivity contribution in [2.24, 2.45) is 0 Å². The van der Waals surface area contributed by atoms with Crippen LogP contribution in [0.4, 0.5) is 0 Å². The van der Waals surface area contributed by atoms with Gasteiger partial charge in [0.2, 0.25) is 10.0 Å². The SMILES string of the molecule is CCN(CC)CCNS(=O)(=O)CCCCNC. The van der Waals surface area contributed by atoms with Crippen molar-refractivity contribution in [2.75, 3.05) is 45.5 Å². The minimum absolute atomic E-state index is 0.229. The van der Waals surface area contributed by atoms with E-state index in [9.17, 15) is 8.42 Å².